The van der Waals surface area contributed by atoms with Gasteiger partial charge in [0.15, 0.2) is 0 Å². The van der Waals surface area contributed by atoms with Crippen LogP contribution in [0.5, 0.6) is 0 Å². The van der Waals surface area contributed by atoms with Gasteiger partial charge in [0, 0.05) is 14.0 Å². The maximum atomic E-state index is 12.7. The third-order valence-electron chi connectivity index (χ3n) is 5.26. The number of esters is 1. The number of nitrogens with one attached hydrogen (secondary N) is 2. The van der Waals surface area contributed by atoms with Gasteiger partial charge in [-0.25, -0.2) is 4.79 Å². The Kier molecular flexibility index (Phi) is 8.31. The highest BCUT2D eigenvalue weighted by Gasteiger charge is 2.50. The Bertz CT molecular complexity index is 599. The highest BCUT2D eigenvalue weighted by atomic mass is 16.7. The average molecular weight is 412 g/mol. The van der Waals surface area contributed by atoms with Gasteiger partial charge in [-0.05, 0) is 61.2 Å². The summed E-state index contributed by atoms with van der Waals surface area (Å²) in [5, 5.41) is 5.17. The minimum atomic E-state index is -1.06. The lowest BCUT2D eigenvalue weighted by Crippen LogP contribution is -2.52. The van der Waals surface area contributed by atoms with Gasteiger partial charge in [0.05, 0.1) is 17.1 Å². The van der Waals surface area contributed by atoms with E-state index in [1.54, 1.807) is 20.8 Å². The smallest absolute Gasteiger partial charge is 0.457 e. The maximum absolute atomic E-state index is 12.7. The van der Waals surface area contributed by atoms with Gasteiger partial charge in [0.25, 0.3) is 0 Å². The van der Waals surface area contributed by atoms with Gasteiger partial charge < -0.3 is 24.7 Å². The Morgan fingerprint density at radius 1 is 1.07 bits per heavy atom. The van der Waals surface area contributed by atoms with Crippen molar-refractivity contribution in [1.82, 2.24) is 10.6 Å². The Hall–Kier alpha value is -1.61. The van der Waals surface area contributed by atoms with E-state index in [0.29, 0.717) is 19.2 Å². The Morgan fingerprint density at radius 2 is 1.59 bits per heavy atom. The zero-order valence-electron chi connectivity index (χ0n) is 19.3. The monoisotopic (exact) mass is 412 g/mol. The molecule has 0 aliphatic carbocycles. The number of hydrogen-bond donors (Lipinski definition) is 2. The lowest BCUT2D eigenvalue weighted by Gasteiger charge is -2.32. The van der Waals surface area contributed by atoms with Crippen molar-refractivity contribution in [1.29, 1.82) is 0 Å². The summed E-state index contributed by atoms with van der Waals surface area (Å²) in [5.74, 6) is -2.12. The highest BCUT2D eigenvalue weighted by Crippen LogP contribution is 2.38. The van der Waals surface area contributed by atoms with Gasteiger partial charge in [-0.15, -0.1) is 0 Å². The average Bonchev–Trinajstić information content (AvgIpc) is 2.74. The molecule has 0 spiro atoms. The molecule has 2 N–H and O–H groups in total. The first-order valence-electron chi connectivity index (χ1n) is 10.2. The van der Waals surface area contributed by atoms with E-state index in [4.69, 9.17) is 14.0 Å². The van der Waals surface area contributed by atoms with E-state index >= 15 is 0 Å². The fraction of sp³-hybridized carbons (Fsp3) is 0.850. The normalized spacial score (nSPS) is 20.0. The van der Waals surface area contributed by atoms with Crippen LogP contribution in [-0.4, -0.2) is 54.8 Å². The summed E-state index contributed by atoms with van der Waals surface area (Å²) in [6.07, 6.45) is 1.52. The van der Waals surface area contributed by atoms with Gasteiger partial charge in [-0.2, -0.15) is 0 Å². The zero-order chi connectivity index (χ0) is 22.6. The van der Waals surface area contributed by atoms with Crippen LogP contribution in [0, 0.1) is 5.92 Å². The van der Waals surface area contributed by atoms with Crippen LogP contribution in [0.4, 0.5) is 0 Å². The Labute approximate surface area is 174 Å². The van der Waals surface area contributed by atoms with Crippen LogP contribution in [-0.2, 0) is 28.4 Å². The summed E-state index contributed by atoms with van der Waals surface area (Å²) < 4.78 is 17.4. The second-order valence-electron chi connectivity index (χ2n) is 9.55. The molecule has 166 valence electrons. The molecule has 1 heterocycles. The molecule has 0 saturated carbocycles. The van der Waals surface area contributed by atoms with Crippen molar-refractivity contribution in [3.8, 4) is 0 Å². The number of carbonyl (C=O) groups is 3. The molecule has 0 bridgehead atoms. The second kappa shape index (κ2) is 9.47. The van der Waals surface area contributed by atoms with Crippen molar-refractivity contribution in [3.63, 3.8) is 0 Å². The lowest BCUT2D eigenvalue weighted by molar-refractivity contribution is -0.161. The molecule has 0 radical (unpaired) electrons. The van der Waals surface area contributed by atoms with Crippen LogP contribution in [0.2, 0.25) is 6.32 Å². The van der Waals surface area contributed by atoms with Crippen molar-refractivity contribution in [2.75, 3.05) is 7.05 Å². The predicted octanol–water partition coefficient (Wildman–Crippen LogP) is 2.07. The largest absolute Gasteiger partial charge is 0.458 e. The van der Waals surface area contributed by atoms with Gasteiger partial charge in [0.1, 0.15) is 11.6 Å². The Balaban J connectivity index is 2.86. The van der Waals surface area contributed by atoms with Gasteiger partial charge in [0.2, 0.25) is 11.8 Å². The van der Waals surface area contributed by atoms with E-state index in [0.717, 1.165) is 0 Å². The molecule has 0 aromatic rings. The fourth-order valence-electron chi connectivity index (χ4n) is 3.13. The number of rotatable bonds is 8. The molecular weight excluding hydrogens is 375 g/mol. The molecule has 9 heteroatoms. The van der Waals surface area contributed by atoms with E-state index in [1.807, 2.05) is 27.7 Å². The second-order valence-corrected chi connectivity index (χ2v) is 9.55. The lowest BCUT2D eigenvalue weighted by atomic mass is 9.80. The molecular formula is C20H37BN2O6. The third kappa shape index (κ3) is 7.30. The molecule has 1 aliphatic rings. The Morgan fingerprint density at radius 3 is 2.00 bits per heavy atom. The molecule has 29 heavy (non-hydrogen) atoms. The molecule has 8 nitrogen and oxygen atoms in total. The van der Waals surface area contributed by atoms with E-state index in [9.17, 15) is 14.4 Å². The fourth-order valence-corrected chi connectivity index (χ4v) is 3.13. The molecule has 1 aliphatic heterocycles. The van der Waals surface area contributed by atoms with Crippen LogP contribution < -0.4 is 10.6 Å². The summed E-state index contributed by atoms with van der Waals surface area (Å²) in [6, 6.07) is -1.06. The van der Waals surface area contributed by atoms with Crippen molar-refractivity contribution in [3.05, 3.63) is 0 Å². The minimum absolute atomic E-state index is 0.330. The molecule has 0 aromatic carbocycles. The summed E-state index contributed by atoms with van der Waals surface area (Å²) in [6.45, 7) is 14.5. The summed E-state index contributed by atoms with van der Waals surface area (Å²) in [5.41, 5.74) is -1.58. The van der Waals surface area contributed by atoms with E-state index in [1.165, 1.54) is 14.0 Å². The first kappa shape index (κ1) is 25.4. The van der Waals surface area contributed by atoms with Crippen molar-refractivity contribution < 1.29 is 28.4 Å². The van der Waals surface area contributed by atoms with Crippen molar-refractivity contribution in [2.24, 2.45) is 5.92 Å². The van der Waals surface area contributed by atoms with Crippen LogP contribution in [0.1, 0.15) is 68.2 Å². The summed E-state index contributed by atoms with van der Waals surface area (Å²) >= 11 is 0. The maximum Gasteiger partial charge on any atom is 0.457 e. The molecule has 2 amide bonds. The number of amides is 2. The topological polar surface area (TPSA) is 103 Å². The first-order chi connectivity index (χ1) is 13.1. The van der Waals surface area contributed by atoms with Crippen molar-refractivity contribution in [2.45, 2.75) is 97.4 Å². The highest BCUT2D eigenvalue weighted by molar-refractivity contribution is 6.45. The molecule has 0 aromatic heterocycles. The first-order valence-corrected chi connectivity index (χ1v) is 10.2. The summed E-state index contributed by atoms with van der Waals surface area (Å²) in [4.78, 5) is 36.9. The van der Waals surface area contributed by atoms with Gasteiger partial charge >= 0.3 is 13.1 Å². The van der Waals surface area contributed by atoms with Gasteiger partial charge in [-0.1, -0.05) is 6.42 Å². The predicted molar refractivity (Wildman–Crippen MR) is 111 cm³/mol. The van der Waals surface area contributed by atoms with Gasteiger partial charge in [-0.3, -0.25) is 9.59 Å². The minimum Gasteiger partial charge on any atom is -0.458 e. The van der Waals surface area contributed by atoms with Crippen LogP contribution >= 0.6 is 0 Å². The van der Waals surface area contributed by atoms with Crippen molar-refractivity contribution >= 4 is 24.9 Å². The molecule has 2 atom stereocenters. The SMILES string of the molecule is CNC(=O)[C@@H](CCCB1OC(C)(C)C(C)(C)O1)[C@H](NC(C)=O)C(=O)OC(C)(C)C. The van der Waals surface area contributed by atoms with E-state index < -0.39 is 40.6 Å². The zero-order valence-corrected chi connectivity index (χ0v) is 19.3. The number of ether oxygens (including phenoxy) is 1. The summed E-state index contributed by atoms with van der Waals surface area (Å²) in [7, 11) is 1.12. The quantitative estimate of drug-likeness (QED) is 0.467. The van der Waals surface area contributed by atoms with Crippen LogP contribution in [0.25, 0.3) is 0 Å². The van der Waals surface area contributed by atoms with E-state index in [2.05, 4.69) is 10.6 Å². The number of hydrogen-bond acceptors (Lipinski definition) is 6. The standard InChI is InChI=1S/C20H37BN2O6/c1-13(24)23-15(17(26)27-18(2,3)4)14(16(25)22-9)11-10-12-21-28-19(5,6)20(7,8)29-21/h14-15H,10-12H2,1-9H3,(H,22,25)(H,23,24)/t14-,15-/m0/s1. The molecule has 1 fully saturated rings. The molecule has 1 rings (SSSR count). The van der Waals surface area contributed by atoms with Crippen LogP contribution in [0.3, 0.4) is 0 Å². The number of carbonyl (C=O) groups excluding carboxylic acids is 3. The molecule has 0 unspecified atom stereocenters. The third-order valence-corrected chi connectivity index (χ3v) is 5.26. The van der Waals surface area contributed by atoms with Crippen LogP contribution in [0.15, 0.2) is 0 Å². The molecule has 1 saturated heterocycles. The van der Waals surface area contributed by atoms with E-state index in [-0.39, 0.29) is 13.0 Å².